The molecule has 188 valence electrons. The standard InChI is InChI=1S/C34H25N3OS/c1-2-5-23(6-3-1)24-9-12-28(13-10-24)38-29-14-16-34-31(20-29)30-19-27(11-15-33(30)39-34)36-21-25-7-4-8-26-17-18-35-37(26)32(25)22-36/h1-3,5-6,9-22H,4,7-8H2. The molecule has 3 aromatic heterocycles. The van der Waals surface area contributed by atoms with Crippen LogP contribution in [-0.2, 0) is 12.8 Å². The summed E-state index contributed by atoms with van der Waals surface area (Å²) in [6.07, 6.45) is 9.69. The van der Waals surface area contributed by atoms with E-state index in [4.69, 9.17) is 4.74 Å². The van der Waals surface area contributed by atoms with Crippen molar-refractivity contribution >= 4 is 31.5 Å². The van der Waals surface area contributed by atoms with Gasteiger partial charge in [0.05, 0.1) is 5.69 Å². The van der Waals surface area contributed by atoms with Crippen LogP contribution in [0.1, 0.15) is 17.7 Å². The van der Waals surface area contributed by atoms with Gasteiger partial charge in [-0.1, -0.05) is 42.5 Å². The molecule has 1 aliphatic rings. The van der Waals surface area contributed by atoms with Gasteiger partial charge in [-0.25, -0.2) is 4.68 Å². The molecule has 7 aromatic rings. The number of ether oxygens (including phenoxy) is 1. The number of thiophene rings is 1. The first-order valence-corrected chi connectivity index (χ1v) is 14.1. The van der Waals surface area contributed by atoms with E-state index in [1.54, 1.807) is 0 Å². The van der Waals surface area contributed by atoms with Crippen LogP contribution in [0.4, 0.5) is 0 Å². The number of benzene rings is 4. The van der Waals surface area contributed by atoms with E-state index in [0.717, 1.165) is 36.4 Å². The molecule has 1 aliphatic heterocycles. The molecule has 4 aromatic carbocycles. The third kappa shape index (κ3) is 3.94. The first kappa shape index (κ1) is 22.4. The second-order valence-corrected chi connectivity index (χ2v) is 11.2. The quantitative estimate of drug-likeness (QED) is 0.231. The van der Waals surface area contributed by atoms with Gasteiger partial charge in [0.1, 0.15) is 11.5 Å². The van der Waals surface area contributed by atoms with Gasteiger partial charge in [0, 0.05) is 50.1 Å². The maximum Gasteiger partial charge on any atom is 0.128 e. The number of fused-ring (bicyclic) bond motifs is 6. The lowest BCUT2D eigenvalue weighted by Crippen LogP contribution is -1.99. The van der Waals surface area contributed by atoms with Crippen molar-refractivity contribution in [2.24, 2.45) is 0 Å². The normalized spacial score (nSPS) is 12.8. The molecule has 0 amide bonds. The highest BCUT2D eigenvalue weighted by atomic mass is 32.1. The summed E-state index contributed by atoms with van der Waals surface area (Å²) in [6, 6.07) is 34.0. The molecular formula is C34H25N3OS. The van der Waals surface area contributed by atoms with Crippen LogP contribution in [-0.4, -0.2) is 14.3 Å². The molecule has 39 heavy (non-hydrogen) atoms. The van der Waals surface area contributed by atoms with Gasteiger partial charge in [-0.15, -0.1) is 11.3 Å². The molecule has 0 saturated heterocycles. The fraction of sp³-hybridized carbons (Fsp3) is 0.0882. The van der Waals surface area contributed by atoms with Crippen molar-refractivity contribution in [1.82, 2.24) is 14.3 Å². The highest BCUT2D eigenvalue weighted by molar-refractivity contribution is 7.25. The van der Waals surface area contributed by atoms with E-state index in [1.165, 1.54) is 48.2 Å². The van der Waals surface area contributed by atoms with E-state index in [0.29, 0.717) is 0 Å². The van der Waals surface area contributed by atoms with Gasteiger partial charge in [0.15, 0.2) is 0 Å². The highest BCUT2D eigenvalue weighted by Gasteiger charge is 2.17. The Morgan fingerprint density at radius 1 is 0.692 bits per heavy atom. The topological polar surface area (TPSA) is 32.0 Å². The Balaban J connectivity index is 1.13. The van der Waals surface area contributed by atoms with Gasteiger partial charge in [-0.3, -0.25) is 0 Å². The largest absolute Gasteiger partial charge is 0.457 e. The highest BCUT2D eigenvalue weighted by Crippen LogP contribution is 2.38. The Bertz CT molecular complexity index is 1960. The third-order valence-corrected chi connectivity index (χ3v) is 8.78. The first-order valence-electron chi connectivity index (χ1n) is 13.3. The monoisotopic (exact) mass is 523 g/mol. The smallest absolute Gasteiger partial charge is 0.128 e. The van der Waals surface area contributed by atoms with Crippen LogP contribution in [0.15, 0.2) is 116 Å². The zero-order chi connectivity index (χ0) is 25.8. The molecule has 0 saturated carbocycles. The molecule has 0 radical (unpaired) electrons. The predicted molar refractivity (Wildman–Crippen MR) is 160 cm³/mol. The molecule has 0 unspecified atom stereocenters. The summed E-state index contributed by atoms with van der Waals surface area (Å²) >= 11 is 1.82. The minimum atomic E-state index is 0.834. The number of aryl methyl sites for hydroxylation is 2. The van der Waals surface area contributed by atoms with E-state index in [1.807, 2.05) is 35.7 Å². The zero-order valence-electron chi connectivity index (χ0n) is 21.2. The summed E-state index contributed by atoms with van der Waals surface area (Å²) < 4.78 is 13.2. The van der Waals surface area contributed by atoms with Gasteiger partial charge in [-0.05, 0) is 90.6 Å². The average Bonchev–Trinajstić information content (AvgIpc) is 3.69. The van der Waals surface area contributed by atoms with Crippen molar-refractivity contribution in [1.29, 1.82) is 0 Å². The van der Waals surface area contributed by atoms with Crippen molar-refractivity contribution in [3.63, 3.8) is 0 Å². The Kier molecular flexibility index (Phi) is 5.16. The Hall–Kier alpha value is -4.61. The lowest BCUT2D eigenvalue weighted by molar-refractivity contribution is 0.483. The second kappa shape index (κ2) is 9.00. The van der Waals surface area contributed by atoms with Crippen molar-refractivity contribution in [3.8, 4) is 34.0 Å². The molecule has 4 nitrogen and oxygen atoms in total. The SMILES string of the molecule is c1ccc(-c2ccc(Oc3ccc4sc5ccc(-n6cc7c(c6)-n6nccc6CCC7)cc5c4c3)cc2)cc1. The minimum Gasteiger partial charge on any atom is -0.457 e. The predicted octanol–water partition coefficient (Wildman–Crippen LogP) is 8.98. The third-order valence-electron chi connectivity index (χ3n) is 7.63. The molecule has 0 bridgehead atoms. The van der Waals surface area contributed by atoms with Crippen LogP contribution < -0.4 is 4.74 Å². The molecule has 8 rings (SSSR count). The molecule has 0 spiro atoms. The lowest BCUT2D eigenvalue weighted by atomic mass is 10.1. The van der Waals surface area contributed by atoms with Crippen LogP contribution in [0, 0.1) is 0 Å². The van der Waals surface area contributed by atoms with E-state index in [9.17, 15) is 0 Å². The fourth-order valence-corrected chi connectivity index (χ4v) is 6.73. The van der Waals surface area contributed by atoms with Crippen LogP contribution in [0.25, 0.3) is 42.7 Å². The van der Waals surface area contributed by atoms with Crippen molar-refractivity contribution in [2.75, 3.05) is 0 Å². The minimum absolute atomic E-state index is 0.834. The Morgan fingerprint density at radius 2 is 1.46 bits per heavy atom. The van der Waals surface area contributed by atoms with Gasteiger partial charge >= 0.3 is 0 Å². The number of rotatable bonds is 4. The van der Waals surface area contributed by atoms with Crippen molar-refractivity contribution in [3.05, 3.63) is 127 Å². The van der Waals surface area contributed by atoms with Gasteiger partial charge in [0.2, 0.25) is 0 Å². The summed E-state index contributed by atoms with van der Waals surface area (Å²) in [4.78, 5) is 0. The van der Waals surface area contributed by atoms with Crippen LogP contribution in [0.3, 0.4) is 0 Å². The molecule has 4 heterocycles. The summed E-state index contributed by atoms with van der Waals surface area (Å²) in [6.45, 7) is 0. The van der Waals surface area contributed by atoms with E-state index < -0.39 is 0 Å². The molecule has 0 N–H and O–H groups in total. The first-order chi connectivity index (χ1) is 19.3. The van der Waals surface area contributed by atoms with E-state index >= 15 is 0 Å². The molecule has 0 fully saturated rings. The molecule has 5 heteroatoms. The summed E-state index contributed by atoms with van der Waals surface area (Å²) in [5.41, 5.74) is 7.37. The summed E-state index contributed by atoms with van der Waals surface area (Å²) in [5, 5.41) is 7.07. The number of aromatic nitrogens is 3. The number of hydrogen-bond donors (Lipinski definition) is 0. The van der Waals surface area contributed by atoms with Crippen LogP contribution >= 0.6 is 11.3 Å². The zero-order valence-corrected chi connectivity index (χ0v) is 22.1. The Labute approximate surface area is 230 Å². The van der Waals surface area contributed by atoms with E-state index in [2.05, 4.69) is 106 Å². The number of hydrogen-bond acceptors (Lipinski definition) is 3. The Morgan fingerprint density at radius 3 is 2.33 bits per heavy atom. The second-order valence-electron chi connectivity index (χ2n) is 10.1. The lowest BCUT2D eigenvalue weighted by Gasteiger charge is -2.08. The fourth-order valence-electron chi connectivity index (χ4n) is 5.67. The molecule has 0 aliphatic carbocycles. The summed E-state index contributed by atoms with van der Waals surface area (Å²) in [7, 11) is 0. The molecule has 0 atom stereocenters. The average molecular weight is 524 g/mol. The van der Waals surface area contributed by atoms with E-state index in [-0.39, 0.29) is 0 Å². The van der Waals surface area contributed by atoms with Gasteiger partial charge in [-0.2, -0.15) is 5.10 Å². The number of nitrogens with zero attached hydrogens (tertiary/aromatic N) is 3. The molecular weight excluding hydrogens is 498 g/mol. The van der Waals surface area contributed by atoms with Crippen LogP contribution in [0.5, 0.6) is 11.5 Å². The summed E-state index contributed by atoms with van der Waals surface area (Å²) in [5.74, 6) is 1.68. The maximum atomic E-state index is 6.29. The van der Waals surface area contributed by atoms with Crippen molar-refractivity contribution < 1.29 is 4.74 Å². The van der Waals surface area contributed by atoms with Crippen molar-refractivity contribution in [2.45, 2.75) is 19.3 Å². The van der Waals surface area contributed by atoms with Crippen LogP contribution in [0.2, 0.25) is 0 Å². The maximum absolute atomic E-state index is 6.29. The van der Waals surface area contributed by atoms with Gasteiger partial charge in [0.25, 0.3) is 0 Å². The van der Waals surface area contributed by atoms with Gasteiger partial charge < -0.3 is 9.30 Å².